The first-order valence-electron chi connectivity index (χ1n) is 15.3. The minimum atomic E-state index is 0.605. The molecule has 43 heavy (non-hydrogen) atoms. The van der Waals surface area contributed by atoms with E-state index in [1.54, 1.807) is 0 Å². The Morgan fingerprint density at radius 1 is 0.628 bits per heavy atom. The predicted octanol–water partition coefficient (Wildman–Crippen LogP) is 9.90. The molecule has 5 aromatic rings. The molecule has 0 unspecified atom stereocenters. The van der Waals surface area contributed by atoms with Gasteiger partial charge in [-0.25, -0.2) is 14.3 Å². The minimum Gasteiger partial charge on any atom is -0.245 e. The molecule has 5 nitrogen and oxygen atoms in total. The van der Waals surface area contributed by atoms with E-state index in [9.17, 15) is 0 Å². The Morgan fingerprint density at radius 3 is 1.44 bits per heavy atom. The molecule has 5 rings (SSSR count). The molecule has 0 amide bonds. The van der Waals surface area contributed by atoms with Crippen LogP contribution in [0, 0.1) is 0 Å². The maximum atomic E-state index is 6.69. The largest absolute Gasteiger partial charge is 0.245 e. The van der Waals surface area contributed by atoms with Crippen LogP contribution in [-0.4, -0.2) is 25.8 Å². The SMILES string of the molecule is CCCCc1ccc(-c2ccccc2)n1/N=C(\C)c1cc(Cl)cc(/C(C)=N/n2c(CCCC)ccc2-c2ccccc2)n1. The number of nitrogens with zero attached hydrogens (tertiary/aromatic N) is 5. The van der Waals surface area contributed by atoms with E-state index >= 15 is 0 Å². The van der Waals surface area contributed by atoms with E-state index < -0.39 is 0 Å². The van der Waals surface area contributed by atoms with Crippen molar-refractivity contribution in [3.63, 3.8) is 0 Å². The van der Waals surface area contributed by atoms with Crippen molar-refractivity contribution in [1.29, 1.82) is 0 Å². The van der Waals surface area contributed by atoms with Gasteiger partial charge in [0.2, 0.25) is 0 Å². The molecule has 0 aliphatic heterocycles. The fourth-order valence-electron chi connectivity index (χ4n) is 5.20. The van der Waals surface area contributed by atoms with Crippen molar-refractivity contribution in [3.05, 3.63) is 125 Å². The molecule has 220 valence electrons. The van der Waals surface area contributed by atoms with E-state index in [0.717, 1.165) is 83.9 Å². The quantitative estimate of drug-likeness (QED) is 0.134. The lowest BCUT2D eigenvalue weighted by Gasteiger charge is -2.12. The Morgan fingerprint density at radius 2 is 1.05 bits per heavy atom. The Bertz CT molecular complexity index is 1590. The number of aromatic nitrogens is 3. The van der Waals surface area contributed by atoms with E-state index in [0.29, 0.717) is 5.02 Å². The first-order valence-corrected chi connectivity index (χ1v) is 15.7. The highest BCUT2D eigenvalue weighted by molar-refractivity contribution is 6.31. The van der Waals surface area contributed by atoms with Gasteiger partial charge in [-0.1, -0.05) is 99.0 Å². The molecule has 3 heterocycles. The average Bonchev–Trinajstić information content (AvgIpc) is 3.62. The summed E-state index contributed by atoms with van der Waals surface area (Å²) in [4.78, 5) is 5.01. The van der Waals surface area contributed by atoms with Gasteiger partial charge in [-0.2, -0.15) is 10.2 Å². The summed E-state index contributed by atoms with van der Waals surface area (Å²) < 4.78 is 4.13. The number of rotatable bonds is 12. The van der Waals surface area contributed by atoms with Crippen LogP contribution in [0.3, 0.4) is 0 Å². The molecule has 0 aliphatic carbocycles. The molecular formula is C37H40ClN5. The lowest BCUT2D eigenvalue weighted by molar-refractivity contribution is 0.726. The number of halogens is 1. The van der Waals surface area contributed by atoms with Gasteiger partial charge in [0.25, 0.3) is 0 Å². The Kier molecular flexibility index (Phi) is 10.1. The average molecular weight is 590 g/mol. The first kappa shape index (κ1) is 30.2. The number of hydrogen-bond donors (Lipinski definition) is 0. The molecule has 0 fully saturated rings. The molecule has 0 saturated carbocycles. The number of aryl methyl sites for hydroxylation is 2. The van der Waals surface area contributed by atoms with Crippen LogP contribution in [0.15, 0.2) is 107 Å². The number of benzene rings is 2. The van der Waals surface area contributed by atoms with Crippen molar-refractivity contribution < 1.29 is 0 Å². The van der Waals surface area contributed by atoms with Gasteiger partial charge in [-0.15, -0.1) is 0 Å². The third-order valence-electron chi connectivity index (χ3n) is 7.61. The van der Waals surface area contributed by atoms with Crippen molar-refractivity contribution >= 4 is 23.0 Å². The fourth-order valence-corrected chi connectivity index (χ4v) is 5.40. The monoisotopic (exact) mass is 589 g/mol. The lowest BCUT2D eigenvalue weighted by atomic mass is 10.1. The van der Waals surface area contributed by atoms with Crippen LogP contribution in [-0.2, 0) is 12.8 Å². The van der Waals surface area contributed by atoms with Crippen LogP contribution in [0.25, 0.3) is 22.5 Å². The van der Waals surface area contributed by atoms with Crippen molar-refractivity contribution in [2.75, 3.05) is 0 Å². The van der Waals surface area contributed by atoms with Crippen LogP contribution in [0.2, 0.25) is 5.02 Å². The maximum absolute atomic E-state index is 6.69. The third kappa shape index (κ3) is 7.23. The third-order valence-corrected chi connectivity index (χ3v) is 7.83. The highest BCUT2D eigenvalue weighted by Crippen LogP contribution is 2.26. The predicted molar refractivity (Wildman–Crippen MR) is 181 cm³/mol. The molecule has 0 saturated heterocycles. The molecule has 0 atom stereocenters. The number of unbranched alkanes of at least 4 members (excludes halogenated alkanes) is 2. The van der Waals surface area contributed by atoms with Crippen LogP contribution >= 0.6 is 11.6 Å². The second kappa shape index (κ2) is 14.3. The highest BCUT2D eigenvalue weighted by Gasteiger charge is 2.14. The summed E-state index contributed by atoms with van der Waals surface area (Å²) in [6, 6.07) is 33.2. The zero-order valence-corrected chi connectivity index (χ0v) is 26.4. The Labute approximate surface area is 260 Å². The molecule has 0 spiro atoms. The fraction of sp³-hybridized carbons (Fsp3) is 0.270. The minimum absolute atomic E-state index is 0.605. The normalized spacial score (nSPS) is 12.2. The highest BCUT2D eigenvalue weighted by atomic mass is 35.5. The number of pyridine rings is 1. The van der Waals surface area contributed by atoms with Crippen LogP contribution in [0.1, 0.15) is 76.2 Å². The molecule has 0 aliphatic rings. The molecule has 0 radical (unpaired) electrons. The molecule has 0 bridgehead atoms. The van der Waals surface area contributed by atoms with Crippen molar-refractivity contribution in [3.8, 4) is 22.5 Å². The van der Waals surface area contributed by atoms with E-state index in [1.165, 1.54) is 11.4 Å². The first-order chi connectivity index (χ1) is 21.0. The van der Waals surface area contributed by atoms with Crippen LogP contribution < -0.4 is 0 Å². The summed E-state index contributed by atoms with van der Waals surface area (Å²) in [6.07, 6.45) is 6.38. The molecular weight excluding hydrogens is 550 g/mol. The molecule has 2 aromatic carbocycles. The van der Waals surface area contributed by atoms with Crippen LogP contribution in [0.4, 0.5) is 0 Å². The van der Waals surface area contributed by atoms with Crippen LogP contribution in [0.5, 0.6) is 0 Å². The summed E-state index contributed by atoms with van der Waals surface area (Å²) in [5.41, 5.74) is 9.78. The summed E-state index contributed by atoms with van der Waals surface area (Å²) in [5, 5.41) is 10.8. The summed E-state index contributed by atoms with van der Waals surface area (Å²) in [6.45, 7) is 8.42. The van der Waals surface area contributed by atoms with Gasteiger partial charge in [-0.05, 0) is 75.9 Å². The lowest BCUT2D eigenvalue weighted by Crippen LogP contribution is -2.10. The van der Waals surface area contributed by atoms with E-state index in [4.69, 9.17) is 26.8 Å². The van der Waals surface area contributed by atoms with Gasteiger partial charge in [-0.3, -0.25) is 0 Å². The molecule has 6 heteroatoms. The maximum Gasteiger partial charge on any atom is 0.0882 e. The van der Waals surface area contributed by atoms with Crippen molar-refractivity contribution in [2.45, 2.75) is 66.2 Å². The van der Waals surface area contributed by atoms with Crippen molar-refractivity contribution in [2.24, 2.45) is 10.2 Å². The van der Waals surface area contributed by atoms with Gasteiger partial charge in [0.15, 0.2) is 0 Å². The summed E-state index contributed by atoms with van der Waals surface area (Å²) >= 11 is 6.69. The zero-order chi connectivity index (χ0) is 30.2. The van der Waals surface area contributed by atoms with Crippen molar-refractivity contribution in [1.82, 2.24) is 14.3 Å². The Hall–Kier alpha value is -4.22. The summed E-state index contributed by atoms with van der Waals surface area (Å²) in [7, 11) is 0. The second-order valence-corrected chi connectivity index (χ2v) is 11.3. The zero-order valence-electron chi connectivity index (χ0n) is 25.6. The number of hydrogen-bond acceptors (Lipinski definition) is 3. The van der Waals surface area contributed by atoms with Gasteiger partial charge in [0, 0.05) is 27.5 Å². The molecule has 3 aromatic heterocycles. The molecule has 0 N–H and O–H groups in total. The van der Waals surface area contributed by atoms with E-state index in [2.05, 4.69) is 96.0 Å². The Balaban J connectivity index is 1.54. The topological polar surface area (TPSA) is 47.5 Å². The van der Waals surface area contributed by atoms with Gasteiger partial charge >= 0.3 is 0 Å². The van der Waals surface area contributed by atoms with E-state index in [1.807, 2.05) is 38.1 Å². The van der Waals surface area contributed by atoms with Gasteiger partial charge in [0.1, 0.15) is 0 Å². The van der Waals surface area contributed by atoms with E-state index in [-0.39, 0.29) is 0 Å². The smallest absolute Gasteiger partial charge is 0.0882 e. The van der Waals surface area contributed by atoms with Gasteiger partial charge < -0.3 is 0 Å². The van der Waals surface area contributed by atoms with Gasteiger partial charge in [0.05, 0.1) is 34.2 Å². The summed E-state index contributed by atoms with van der Waals surface area (Å²) in [5.74, 6) is 0. The standard InChI is InChI=1S/C37H40ClN5/c1-5-7-19-32-21-23-36(29-15-11-9-12-16-29)42(32)40-27(3)34-25-31(38)26-35(39-34)28(4)41-43-33(20-8-6-2)22-24-37(43)30-17-13-10-14-18-30/h9-18,21-26H,5-8,19-20H2,1-4H3/b40-27+,41-28+. The second-order valence-electron chi connectivity index (χ2n) is 10.9.